The number of hydrogen-bond acceptors (Lipinski definition) is 6. The molecular weight excluding hydrogens is 340 g/mol. The van der Waals surface area contributed by atoms with Crippen molar-refractivity contribution in [1.82, 2.24) is 0 Å². The summed E-state index contributed by atoms with van der Waals surface area (Å²) in [6.45, 7) is 0.171. The van der Waals surface area contributed by atoms with E-state index in [0.29, 0.717) is 12.3 Å². The summed E-state index contributed by atoms with van der Waals surface area (Å²) in [5.41, 5.74) is -1.23. The second-order valence-corrected chi connectivity index (χ2v) is 5.58. The number of carbonyl (C=O) groups is 1. The van der Waals surface area contributed by atoms with E-state index in [4.69, 9.17) is 16.3 Å². The van der Waals surface area contributed by atoms with Gasteiger partial charge < -0.3 is 4.74 Å². The molecule has 0 aromatic heterocycles. The number of rotatable bonds is 11. The SMILES string of the molecule is O=C(OCCCCCCCCCl)c1cc([N+](=O)[O-])cc([N+](=O)[O-])c1. The fraction of sp³-hybridized carbons (Fsp3) is 0.533. The summed E-state index contributed by atoms with van der Waals surface area (Å²) in [5.74, 6) is -0.142. The lowest BCUT2D eigenvalue weighted by Gasteiger charge is -2.05. The molecule has 0 fully saturated rings. The van der Waals surface area contributed by atoms with Gasteiger partial charge in [0.1, 0.15) is 0 Å². The van der Waals surface area contributed by atoms with Crippen LogP contribution in [0.5, 0.6) is 0 Å². The molecule has 132 valence electrons. The molecule has 1 aromatic rings. The molecule has 1 rings (SSSR count). The van der Waals surface area contributed by atoms with Gasteiger partial charge >= 0.3 is 5.97 Å². The maximum Gasteiger partial charge on any atom is 0.338 e. The van der Waals surface area contributed by atoms with Gasteiger partial charge in [0.05, 0.1) is 28.1 Å². The van der Waals surface area contributed by atoms with E-state index >= 15 is 0 Å². The molecule has 0 amide bonds. The molecule has 0 saturated heterocycles. The minimum Gasteiger partial charge on any atom is -0.462 e. The highest BCUT2D eigenvalue weighted by atomic mass is 35.5. The first-order valence-electron chi connectivity index (χ1n) is 7.62. The van der Waals surface area contributed by atoms with Crippen molar-refractivity contribution in [3.63, 3.8) is 0 Å². The average molecular weight is 359 g/mol. The van der Waals surface area contributed by atoms with Gasteiger partial charge in [-0.05, 0) is 12.8 Å². The number of halogens is 1. The first-order chi connectivity index (χ1) is 11.5. The Balaban J connectivity index is 2.49. The van der Waals surface area contributed by atoms with Gasteiger partial charge in [-0.2, -0.15) is 0 Å². The molecule has 0 saturated carbocycles. The third-order valence-electron chi connectivity index (χ3n) is 3.32. The Labute approximate surface area is 144 Å². The van der Waals surface area contributed by atoms with Gasteiger partial charge in [-0.15, -0.1) is 11.6 Å². The van der Waals surface area contributed by atoms with E-state index in [9.17, 15) is 25.0 Å². The highest BCUT2D eigenvalue weighted by molar-refractivity contribution is 6.17. The molecule has 0 aliphatic carbocycles. The van der Waals surface area contributed by atoms with Crippen LogP contribution in [0.2, 0.25) is 0 Å². The lowest BCUT2D eigenvalue weighted by atomic mass is 10.1. The van der Waals surface area contributed by atoms with Gasteiger partial charge in [-0.1, -0.05) is 25.7 Å². The Morgan fingerprint density at radius 2 is 1.42 bits per heavy atom. The summed E-state index contributed by atoms with van der Waals surface area (Å²) < 4.78 is 5.02. The highest BCUT2D eigenvalue weighted by Crippen LogP contribution is 2.23. The van der Waals surface area contributed by atoms with E-state index in [-0.39, 0.29) is 12.2 Å². The minimum absolute atomic E-state index is 0.171. The van der Waals surface area contributed by atoms with Crippen molar-refractivity contribution in [2.75, 3.05) is 12.5 Å². The number of esters is 1. The predicted octanol–water partition coefficient (Wildman–Crippen LogP) is 4.24. The molecule has 0 spiro atoms. The predicted molar refractivity (Wildman–Crippen MR) is 88.5 cm³/mol. The van der Waals surface area contributed by atoms with Crippen molar-refractivity contribution < 1.29 is 19.4 Å². The van der Waals surface area contributed by atoms with Crippen LogP contribution in [0, 0.1) is 20.2 Å². The Morgan fingerprint density at radius 1 is 0.917 bits per heavy atom. The summed E-state index contributed by atoms with van der Waals surface area (Å²) in [7, 11) is 0. The minimum atomic E-state index is -0.802. The molecule has 24 heavy (non-hydrogen) atoms. The Morgan fingerprint density at radius 3 is 1.92 bits per heavy atom. The van der Waals surface area contributed by atoms with Crippen LogP contribution in [0.25, 0.3) is 0 Å². The normalized spacial score (nSPS) is 10.4. The number of nitro groups is 2. The number of benzene rings is 1. The third-order valence-corrected chi connectivity index (χ3v) is 3.59. The number of non-ortho nitro benzene ring substituents is 2. The molecule has 0 atom stereocenters. The molecule has 0 aliphatic rings. The fourth-order valence-electron chi connectivity index (χ4n) is 2.08. The van der Waals surface area contributed by atoms with Gasteiger partial charge in [-0.3, -0.25) is 20.2 Å². The zero-order valence-electron chi connectivity index (χ0n) is 13.1. The molecule has 0 heterocycles. The zero-order valence-corrected chi connectivity index (χ0v) is 13.9. The van der Waals surface area contributed by atoms with Gasteiger partial charge in [0.2, 0.25) is 0 Å². The lowest BCUT2D eigenvalue weighted by molar-refractivity contribution is -0.394. The van der Waals surface area contributed by atoms with Crippen LogP contribution in [-0.4, -0.2) is 28.3 Å². The van der Waals surface area contributed by atoms with Crippen LogP contribution < -0.4 is 0 Å². The van der Waals surface area contributed by atoms with Crippen LogP contribution in [-0.2, 0) is 4.74 Å². The quantitative estimate of drug-likeness (QED) is 0.192. The Kier molecular flexibility index (Phi) is 8.70. The van der Waals surface area contributed by atoms with Crippen molar-refractivity contribution in [3.8, 4) is 0 Å². The van der Waals surface area contributed by atoms with Gasteiger partial charge in [0.15, 0.2) is 0 Å². The van der Waals surface area contributed by atoms with Crippen molar-refractivity contribution in [3.05, 3.63) is 44.0 Å². The van der Waals surface area contributed by atoms with E-state index in [1.807, 2.05) is 0 Å². The van der Waals surface area contributed by atoms with E-state index in [1.165, 1.54) is 0 Å². The standard InChI is InChI=1S/C15H19ClN2O6/c16-7-5-3-1-2-4-6-8-24-15(19)12-9-13(17(20)21)11-14(10-12)18(22)23/h9-11H,1-8H2. The molecule has 0 radical (unpaired) electrons. The maximum atomic E-state index is 11.9. The molecular formula is C15H19ClN2O6. The first-order valence-corrected chi connectivity index (χ1v) is 8.16. The van der Waals surface area contributed by atoms with Crippen molar-refractivity contribution >= 4 is 28.9 Å². The van der Waals surface area contributed by atoms with E-state index in [0.717, 1.165) is 50.3 Å². The van der Waals surface area contributed by atoms with Crippen molar-refractivity contribution in [2.24, 2.45) is 0 Å². The van der Waals surface area contributed by atoms with Crippen LogP contribution >= 0.6 is 11.6 Å². The van der Waals surface area contributed by atoms with Gasteiger partial charge in [-0.25, -0.2) is 4.79 Å². The molecule has 8 nitrogen and oxygen atoms in total. The van der Waals surface area contributed by atoms with E-state index < -0.39 is 27.2 Å². The van der Waals surface area contributed by atoms with Crippen LogP contribution in [0.3, 0.4) is 0 Å². The van der Waals surface area contributed by atoms with Gasteiger partial charge in [0.25, 0.3) is 11.4 Å². The number of ether oxygens (including phenoxy) is 1. The zero-order chi connectivity index (χ0) is 17.9. The molecule has 9 heteroatoms. The third kappa shape index (κ3) is 6.91. The summed E-state index contributed by atoms with van der Waals surface area (Å²) in [6.07, 6.45) is 5.70. The molecule has 0 N–H and O–H groups in total. The number of alkyl halides is 1. The van der Waals surface area contributed by atoms with E-state index in [1.54, 1.807) is 0 Å². The monoisotopic (exact) mass is 358 g/mol. The molecule has 1 aromatic carbocycles. The Hall–Kier alpha value is -2.22. The summed E-state index contributed by atoms with van der Waals surface area (Å²) in [4.78, 5) is 31.9. The maximum absolute atomic E-state index is 11.9. The molecule has 0 unspecified atom stereocenters. The molecule has 0 aliphatic heterocycles. The fourth-order valence-corrected chi connectivity index (χ4v) is 2.26. The smallest absolute Gasteiger partial charge is 0.338 e. The summed E-state index contributed by atoms with van der Waals surface area (Å²) in [5, 5.41) is 21.6. The summed E-state index contributed by atoms with van der Waals surface area (Å²) >= 11 is 5.58. The van der Waals surface area contributed by atoms with Gasteiger partial charge in [0, 0.05) is 18.0 Å². The largest absolute Gasteiger partial charge is 0.462 e. The first kappa shape index (κ1) is 19.8. The molecule has 0 bridgehead atoms. The van der Waals surface area contributed by atoms with Crippen molar-refractivity contribution in [1.29, 1.82) is 0 Å². The summed E-state index contributed by atoms with van der Waals surface area (Å²) in [6, 6.07) is 2.75. The number of nitro benzene ring substituents is 2. The van der Waals surface area contributed by atoms with Crippen LogP contribution in [0.15, 0.2) is 18.2 Å². The second-order valence-electron chi connectivity index (χ2n) is 5.20. The van der Waals surface area contributed by atoms with E-state index in [2.05, 4.69) is 0 Å². The highest BCUT2D eigenvalue weighted by Gasteiger charge is 2.20. The Bertz CT molecular complexity index is 561. The lowest BCUT2D eigenvalue weighted by Crippen LogP contribution is -2.08. The average Bonchev–Trinajstić information content (AvgIpc) is 2.56. The topological polar surface area (TPSA) is 113 Å². The number of carbonyl (C=O) groups excluding carboxylic acids is 1. The second kappa shape index (κ2) is 10.5. The number of nitrogens with zero attached hydrogens (tertiary/aromatic N) is 2. The van der Waals surface area contributed by atoms with Crippen molar-refractivity contribution in [2.45, 2.75) is 38.5 Å². The number of hydrogen-bond donors (Lipinski definition) is 0. The number of unbranched alkanes of at least 4 members (excludes halogenated alkanes) is 5. The van der Waals surface area contributed by atoms with Crippen LogP contribution in [0.4, 0.5) is 11.4 Å². The van der Waals surface area contributed by atoms with Crippen LogP contribution in [0.1, 0.15) is 48.9 Å².